The second-order valence-corrected chi connectivity index (χ2v) is 5.54. The zero-order valence-corrected chi connectivity index (χ0v) is 12.2. The lowest BCUT2D eigenvalue weighted by Crippen LogP contribution is -2.39. The quantitative estimate of drug-likeness (QED) is 0.801. The van der Waals surface area contributed by atoms with Crippen LogP contribution in [-0.2, 0) is 0 Å². The molecule has 1 aromatic rings. The van der Waals surface area contributed by atoms with E-state index in [4.69, 9.17) is 5.73 Å². The summed E-state index contributed by atoms with van der Waals surface area (Å²) in [6.45, 7) is 5.19. The second-order valence-electron chi connectivity index (χ2n) is 5.54. The van der Waals surface area contributed by atoms with Crippen molar-refractivity contribution >= 4 is 5.69 Å². The van der Waals surface area contributed by atoms with E-state index >= 15 is 0 Å². The van der Waals surface area contributed by atoms with Crippen LogP contribution in [0.4, 0.5) is 18.9 Å². The molecule has 0 aromatic heterocycles. The monoisotopic (exact) mass is 288 g/mol. The number of halogens is 3. The van der Waals surface area contributed by atoms with Gasteiger partial charge in [-0.3, -0.25) is 4.90 Å². The summed E-state index contributed by atoms with van der Waals surface area (Å²) in [5.74, 6) is 0.213. The van der Waals surface area contributed by atoms with Crippen LogP contribution >= 0.6 is 0 Å². The SMILES string of the molecule is CC(CCN(CC(F)(F)F)C(C)C)c1ccc(N)cc1. The number of nitrogens with zero attached hydrogens (tertiary/aromatic N) is 1. The molecule has 0 aliphatic carbocycles. The van der Waals surface area contributed by atoms with Crippen LogP contribution in [0.3, 0.4) is 0 Å². The van der Waals surface area contributed by atoms with Gasteiger partial charge in [0, 0.05) is 11.7 Å². The van der Waals surface area contributed by atoms with Gasteiger partial charge in [0.05, 0.1) is 6.54 Å². The van der Waals surface area contributed by atoms with Crippen molar-refractivity contribution in [2.24, 2.45) is 0 Å². The summed E-state index contributed by atoms with van der Waals surface area (Å²) in [6, 6.07) is 7.39. The Balaban J connectivity index is 2.56. The van der Waals surface area contributed by atoms with Crippen LogP contribution in [0.5, 0.6) is 0 Å². The lowest BCUT2D eigenvalue weighted by atomic mass is 9.97. The van der Waals surface area contributed by atoms with E-state index in [1.807, 2.05) is 31.2 Å². The molecule has 5 heteroatoms. The van der Waals surface area contributed by atoms with Crippen molar-refractivity contribution in [2.75, 3.05) is 18.8 Å². The second kappa shape index (κ2) is 6.97. The van der Waals surface area contributed by atoms with Crippen molar-refractivity contribution in [3.05, 3.63) is 29.8 Å². The minimum atomic E-state index is -4.14. The standard InChI is InChI=1S/C15H23F3N2/c1-11(2)20(10-15(16,17)18)9-8-12(3)13-4-6-14(19)7-5-13/h4-7,11-12H,8-10,19H2,1-3H3. The van der Waals surface area contributed by atoms with E-state index in [1.165, 1.54) is 4.90 Å². The smallest absolute Gasteiger partial charge is 0.399 e. The highest BCUT2D eigenvalue weighted by molar-refractivity contribution is 5.40. The van der Waals surface area contributed by atoms with Gasteiger partial charge in [0.25, 0.3) is 0 Å². The molecule has 0 aliphatic rings. The highest BCUT2D eigenvalue weighted by Gasteiger charge is 2.31. The number of alkyl halides is 3. The Morgan fingerprint density at radius 2 is 1.65 bits per heavy atom. The molecule has 0 aliphatic heterocycles. The van der Waals surface area contributed by atoms with Crippen LogP contribution < -0.4 is 5.73 Å². The predicted octanol–water partition coefficient (Wildman–Crippen LogP) is 4.04. The van der Waals surface area contributed by atoms with Gasteiger partial charge in [-0.15, -0.1) is 0 Å². The molecule has 0 fully saturated rings. The third-order valence-electron chi connectivity index (χ3n) is 3.47. The lowest BCUT2D eigenvalue weighted by molar-refractivity contribution is -0.149. The third-order valence-corrected chi connectivity index (χ3v) is 3.47. The van der Waals surface area contributed by atoms with Gasteiger partial charge in [-0.1, -0.05) is 19.1 Å². The maximum Gasteiger partial charge on any atom is 0.401 e. The summed E-state index contributed by atoms with van der Waals surface area (Å²) in [7, 11) is 0. The van der Waals surface area contributed by atoms with Crippen LogP contribution in [0.1, 0.15) is 38.7 Å². The molecule has 20 heavy (non-hydrogen) atoms. The van der Waals surface area contributed by atoms with E-state index < -0.39 is 12.7 Å². The first-order valence-electron chi connectivity index (χ1n) is 6.85. The average Bonchev–Trinajstić information content (AvgIpc) is 2.33. The van der Waals surface area contributed by atoms with Crippen molar-refractivity contribution in [1.29, 1.82) is 0 Å². The van der Waals surface area contributed by atoms with Gasteiger partial charge in [0.1, 0.15) is 0 Å². The van der Waals surface area contributed by atoms with Crippen molar-refractivity contribution in [1.82, 2.24) is 4.90 Å². The maximum atomic E-state index is 12.5. The highest BCUT2D eigenvalue weighted by Crippen LogP contribution is 2.23. The number of benzene rings is 1. The van der Waals surface area contributed by atoms with Gasteiger partial charge in [-0.25, -0.2) is 0 Å². The van der Waals surface area contributed by atoms with E-state index in [2.05, 4.69) is 0 Å². The summed E-state index contributed by atoms with van der Waals surface area (Å²) < 4.78 is 37.5. The number of rotatable bonds is 6. The lowest BCUT2D eigenvalue weighted by Gasteiger charge is -2.28. The van der Waals surface area contributed by atoms with Crippen molar-refractivity contribution in [3.63, 3.8) is 0 Å². The molecule has 0 radical (unpaired) electrons. The van der Waals surface area contributed by atoms with Crippen molar-refractivity contribution in [3.8, 4) is 0 Å². The predicted molar refractivity (Wildman–Crippen MR) is 76.7 cm³/mol. The maximum absolute atomic E-state index is 12.5. The molecule has 1 unspecified atom stereocenters. The minimum absolute atomic E-state index is 0.116. The summed E-state index contributed by atoms with van der Waals surface area (Å²) in [6.07, 6.45) is -3.45. The first-order valence-corrected chi connectivity index (χ1v) is 6.85. The van der Waals surface area contributed by atoms with Crippen LogP contribution in [0, 0.1) is 0 Å². The molecule has 0 saturated heterocycles. The van der Waals surface area contributed by atoms with Crippen molar-refractivity contribution < 1.29 is 13.2 Å². The topological polar surface area (TPSA) is 29.3 Å². The molecule has 0 amide bonds. The number of nitrogen functional groups attached to an aromatic ring is 1. The van der Waals surface area contributed by atoms with Crippen LogP contribution in [0.2, 0.25) is 0 Å². The third kappa shape index (κ3) is 5.82. The summed E-state index contributed by atoms with van der Waals surface area (Å²) in [5, 5.41) is 0. The molecule has 0 saturated carbocycles. The first kappa shape index (κ1) is 16.8. The van der Waals surface area contributed by atoms with Crippen LogP contribution in [0.15, 0.2) is 24.3 Å². The fraction of sp³-hybridized carbons (Fsp3) is 0.600. The van der Waals surface area contributed by atoms with Crippen LogP contribution in [-0.4, -0.2) is 30.2 Å². The van der Waals surface area contributed by atoms with Gasteiger partial charge in [-0.2, -0.15) is 13.2 Å². The van der Waals surface area contributed by atoms with Gasteiger partial charge in [-0.05, 0) is 50.4 Å². The Hall–Kier alpha value is -1.23. The van der Waals surface area contributed by atoms with Gasteiger partial charge in [0.2, 0.25) is 0 Å². The molecule has 1 atom stereocenters. The number of anilines is 1. The van der Waals surface area contributed by atoms with Gasteiger partial charge < -0.3 is 5.73 Å². The molecule has 114 valence electrons. The van der Waals surface area contributed by atoms with E-state index in [-0.39, 0.29) is 12.0 Å². The summed E-state index contributed by atoms with van der Waals surface area (Å²) in [5.41, 5.74) is 7.43. The zero-order valence-electron chi connectivity index (χ0n) is 12.2. The molecular weight excluding hydrogens is 265 g/mol. The van der Waals surface area contributed by atoms with Crippen LogP contribution in [0.25, 0.3) is 0 Å². The summed E-state index contributed by atoms with van der Waals surface area (Å²) in [4.78, 5) is 1.47. The van der Waals surface area contributed by atoms with E-state index in [1.54, 1.807) is 13.8 Å². The Kier molecular flexibility index (Phi) is 5.87. The Bertz CT molecular complexity index is 399. The number of hydrogen-bond donors (Lipinski definition) is 1. The van der Waals surface area contributed by atoms with E-state index in [9.17, 15) is 13.2 Å². The molecule has 1 rings (SSSR count). The van der Waals surface area contributed by atoms with Gasteiger partial charge in [0.15, 0.2) is 0 Å². The number of nitrogens with two attached hydrogens (primary N) is 1. The normalized spacial score (nSPS) is 14.0. The molecule has 0 bridgehead atoms. The molecular formula is C15H23F3N2. The molecule has 2 nitrogen and oxygen atoms in total. The zero-order chi connectivity index (χ0) is 15.3. The average molecular weight is 288 g/mol. The minimum Gasteiger partial charge on any atom is -0.399 e. The highest BCUT2D eigenvalue weighted by atomic mass is 19.4. The number of hydrogen-bond acceptors (Lipinski definition) is 2. The molecule has 0 heterocycles. The van der Waals surface area contributed by atoms with Crippen molar-refractivity contribution in [2.45, 2.75) is 45.3 Å². The Morgan fingerprint density at radius 1 is 1.10 bits per heavy atom. The fourth-order valence-electron chi connectivity index (χ4n) is 2.10. The molecule has 1 aromatic carbocycles. The Labute approximate surface area is 118 Å². The summed E-state index contributed by atoms with van der Waals surface area (Å²) >= 11 is 0. The molecule has 0 spiro atoms. The van der Waals surface area contributed by atoms with E-state index in [0.717, 1.165) is 5.56 Å². The largest absolute Gasteiger partial charge is 0.401 e. The van der Waals surface area contributed by atoms with Gasteiger partial charge >= 0.3 is 6.18 Å². The molecule has 2 N–H and O–H groups in total. The van der Waals surface area contributed by atoms with E-state index in [0.29, 0.717) is 18.7 Å². The Morgan fingerprint density at radius 3 is 2.10 bits per heavy atom. The fourth-order valence-corrected chi connectivity index (χ4v) is 2.10. The first-order chi connectivity index (χ1) is 9.19.